The molecule has 1 atom stereocenters. The van der Waals surface area contributed by atoms with Gasteiger partial charge in [0.2, 0.25) is 0 Å². The average Bonchev–Trinajstić information content (AvgIpc) is 2.80. The molecule has 0 saturated carbocycles. The van der Waals surface area contributed by atoms with Crippen LogP contribution in [0.1, 0.15) is 13.3 Å². The summed E-state index contributed by atoms with van der Waals surface area (Å²) in [6.07, 6.45) is 0.454. The molecule has 1 saturated heterocycles. The summed E-state index contributed by atoms with van der Waals surface area (Å²) in [7, 11) is -3.00. The largest absolute Gasteiger partial charge is 0.494 e. The molecule has 1 aromatic carbocycles. The van der Waals surface area contributed by atoms with Crippen molar-refractivity contribution in [1.29, 1.82) is 0 Å². The van der Waals surface area contributed by atoms with Crippen LogP contribution < -0.4 is 20.1 Å². The Kier molecular flexibility index (Phi) is 5.48. The van der Waals surface area contributed by atoms with Crippen molar-refractivity contribution in [3.63, 3.8) is 0 Å². The molecule has 0 radical (unpaired) electrons. The Morgan fingerprint density at radius 1 is 1.23 bits per heavy atom. The second kappa shape index (κ2) is 7.35. The number of hydrogen-bond acceptors (Lipinski definition) is 5. The SMILES string of the molecule is CCOc1ccc(OCNC(=O)NC2CCS(=O)(=O)C2)cc1. The van der Waals surface area contributed by atoms with Crippen LogP contribution in [0, 0.1) is 0 Å². The fraction of sp³-hybridized carbons (Fsp3) is 0.500. The van der Waals surface area contributed by atoms with E-state index in [1.54, 1.807) is 24.3 Å². The molecule has 2 rings (SSSR count). The van der Waals surface area contributed by atoms with Gasteiger partial charge in [0.25, 0.3) is 0 Å². The molecule has 0 aromatic heterocycles. The van der Waals surface area contributed by atoms with Crippen molar-refractivity contribution in [3.05, 3.63) is 24.3 Å². The van der Waals surface area contributed by atoms with Gasteiger partial charge < -0.3 is 20.1 Å². The molecule has 2 N–H and O–H groups in total. The lowest BCUT2D eigenvalue weighted by molar-refractivity contribution is 0.221. The Hall–Kier alpha value is -1.96. The minimum Gasteiger partial charge on any atom is -0.494 e. The second-order valence-corrected chi connectivity index (χ2v) is 7.17. The van der Waals surface area contributed by atoms with E-state index in [4.69, 9.17) is 9.47 Å². The Morgan fingerprint density at radius 2 is 1.86 bits per heavy atom. The lowest BCUT2D eigenvalue weighted by atomic mass is 10.3. The number of amides is 2. The topological polar surface area (TPSA) is 93.7 Å². The fourth-order valence-corrected chi connectivity index (χ4v) is 3.80. The van der Waals surface area contributed by atoms with Crippen molar-refractivity contribution in [2.75, 3.05) is 24.8 Å². The Bertz CT molecular complexity index is 600. The molecule has 122 valence electrons. The number of benzene rings is 1. The normalized spacial score (nSPS) is 19.4. The molecule has 1 heterocycles. The van der Waals surface area contributed by atoms with Gasteiger partial charge in [0.15, 0.2) is 16.6 Å². The number of urea groups is 1. The predicted octanol–water partition coefficient (Wildman–Crippen LogP) is 0.908. The van der Waals surface area contributed by atoms with Gasteiger partial charge in [0.1, 0.15) is 11.5 Å². The maximum Gasteiger partial charge on any atom is 0.317 e. The molecule has 2 amide bonds. The zero-order valence-corrected chi connectivity index (χ0v) is 13.2. The van der Waals surface area contributed by atoms with Crippen molar-refractivity contribution < 1.29 is 22.7 Å². The summed E-state index contributed by atoms with van der Waals surface area (Å²) in [6, 6.07) is 6.29. The van der Waals surface area contributed by atoms with Crippen LogP contribution in [-0.4, -0.2) is 45.3 Å². The molecule has 0 spiro atoms. The standard InChI is InChI=1S/C14H20N2O5S/c1-2-20-12-3-5-13(6-4-12)21-10-15-14(17)16-11-7-8-22(18,19)9-11/h3-6,11H,2,7-10H2,1H3,(H2,15,16,17). The molecule has 1 aliphatic heterocycles. The number of rotatable bonds is 6. The number of nitrogens with one attached hydrogen (secondary N) is 2. The first kappa shape index (κ1) is 16.4. The maximum absolute atomic E-state index is 11.6. The summed E-state index contributed by atoms with van der Waals surface area (Å²) >= 11 is 0. The highest BCUT2D eigenvalue weighted by molar-refractivity contribution is 7.91. The fourth-order valence-electron chi connectivity index (χ4n) is 2.13. The van der Waals surface area contributed by atoms with Crippen molar-refractivity contribution >= 4 is 15.9 Å². The molecule has 1 unspecified atom stereocenters. The monoisotopic (exact) mass is 328 g/mol. The summed E-state index contributed by atoms with van der Waals surface area (Å²) in [5, 5.41) is 5.14. The van der Waals surface area contributed by atoms with Crippen LogP contribution in [0.25, 0.3) is 0 Å². The zero-order chi connectivity index (χ0) is 16.0. The van der Waals surface area contributed by atoms with Crippen LogP contribution in [0.15, 0.2) is 24.3 Å². The van der Waals surface area contributed by atoms with Crippen LogP contribution in [-0.2, 0) is 9.84 Å². The molecule has 8 heteroatoms. The summed E-state index contributed by atoms with van der Waals surface area (Å²) < 4.78 is 33.3. The smallest absolute Gasteiger partial charge is 0.317 e. The Morgan fingerprint density at radius 3 is 2.41 bits per heavy atom. The molecule has 0 bridgehead atoms. The lowest BCUT2D eigenvalue weighted by Gasteiger charge is -2.13. The van der Waals surface area contributed by atoms with E-state index in [9.17, 15) is 13.2 Å². The van der Waals surface area contributed by atoms with Gasteiger partial charge in [-0.1, -0.05) is 0 Å². The minimum atomic E-state index is -3.00. The second-order valence-electron chi connectivity index (χ2n) is 4.94. The summed E-state index contributed by atoms with van der Waals surface area (Å²) in [5.41, 5.74) is 0. The van der Waals surface area contributed by atoms with Crippen LogP contribution in [0.3, 0.4) is 0 Å². The van der Waals surface area contributed by atoms with Gasteiger partial charge >= 0.3 is 6.03 Å². The van der Waals surface area contributed by atoms with E-state index in [1.807, 2.05) is 6.92 Å². The van der Waals surface area contributed by atoms with Gasteiger partial charge in [0.05, 0.1) is 18.1 Å². The van der Waals surface area contributed by atoms with Crippen LogP contribution in [0.4, 0.5) is 4.79 Å². The van der Waals surface area contributed by atoms with E-state index in [0.717, 1.165) is 5.75 Å². The third-order valence-corrected chi connectivity index (χ3v) is 4.94. The van der Waals surface area contributed by atoms with Crippen LogP contribution in [0.5, 0.6) is 11.5 Å². The summed E-state index contributed by atoms with van der Waals surface area (Å²) in [5.74, 6) is 1.48. The van der Waals surface area contributed by atoms with Crippen LogP contribution in [0.2, 0.25) is 0 Å². The van der Waals surface area contributed by atoms with Gasteiger partial charge in [-0.25, -0.2) is 13.2 Å². The molecular weight excluding hydrogens is 308 g/mol. The van der Waals surface area contributed by atoms with Crippen molar-refractivity contribution in [3.8, 4) is 11.5 Å². The average molecular weight is 328 g/mol. The molecule has 1 aromatic rings. The van der Waals surface area contributed by atoms with E-state index in [-0.39, 0.29) is 24.3 Å². The highest BCUT2D eigenvalue weighted by Gasteiger charge is 2.28. The molecule has 7 nitrogen and oxygen atoms in total. The first-order chi connectivity index (χ1) is 10.5. The Labute approximate surface area is 129 Å². The van der Waals surface area contributed by atoms with E-state index < -0.39 is 15.9 Å². The molecule has 0 aliphatic carbocycles. The number of sulfone groups is 1. The number of carbonyl (C=O) groups is 1. The highest BCUT2D eigenvalue weighted by atomic mass is 32.2. The van der Waals surface area contributed by atoms with Crippen LogP contribution >= 0.6 is 0 Å². The zero-order valence-electron chi connectivity index (χ0n) is 12.4. The van der Waals surface area contributed by atoms with E-state index >= 15 is 0 Å². The van der Waals surface area contributed by atoms with Gasteiger partial charge in [-0.2, -0.15) is 0 Å². The predicted molar refractivity (Wildman–Crippen MR) is 81.8 cm³/mol. The lowest BCUT2D eigenvalue weighted by Crippen LogP contribution is -2.43. The van der Waals surface area contributed by atoms with Crippen molar-refractivity contribution in [1.82, 2.24) is 10.6 Å². The first-order valence-electron chi connectivity index (χ1n) is 7.09. The van der Waals surface area contributed by atoms with Crippen molar-refractivity contribution in [2.45, 2.75) is 19.4 Å². The number of hydrogen-bond donors (Lipinski definition) is 2. The quantitative estimate of drug-likeness (QED) is 0.757. The molecule has 22 heavy (non-hydrogen) atoms. The molecule has 1 aliphatic rings. The summed E-state index contributed by atoms with van der Waals surface area (Å²) in [4.78, 5) is 11.6. The summed E-state index contributed by atoms with van der Waals surface area (Å²) in [6.45, 7) is 2.50. The van der Waals surface area contributed by atoms with E-state index in [1.165, 1.54) is 0 Å². The first-order valence-corrected chi connectivity index (χ1v) is 8.91. The van der Waals surface area contributed by atoms with E-state index in [2.05, 4.69) is 10.6 Å². The third-order valence-electron chi connectivity index (χ3n) is 3.17. The number of ether oxygens (including phenoxy) is 2. The van der Waals surface area contributed by atoms with Gasteiger partial charge in [-0.3, -0.25) is 0 Å². The van der Waals surface area contributed by atoms with E-state index in [0.29, 0.717) is 18.8 Å². The highest BCUT2D eigenvalue weighted by Crippen LogP contribution is 2.17. The minimum absolute atomic E-state index is 0.000167. The number of carbonyl (C=O) groups excluding carboxylic acids is 1. The van der Waals surface area contributed by atoms with Gasteiger partial charge in [-0.05, 0) is 37.6 Å². The van der Waals surface area contributed by atoms with Gasteiger partial charge in [-0.15, -0.1) is 0 Å². The van der Waals surface area contributed by atoms with Crippen molar-refractivity contribution in [2.24, 2.45) is 0 Å². The van der Waals surface area contributed by atoms with Gasteiger partial charge in [0, 0.05) is 6.04 Å². The Balaban J connectivity index is 1.68. The maximum atomic E-state index is 11.6. The molecule has 1 fully saturated rings. The third kappa shape index (κ3) is 5.10. The molecular formula is C14H20N2O5S.